The molecule has 1 heteroatoms. The monoisotopic (exact) mass is 253 g/mol. The molecule has 0 aliphatic heterocycles. The van der Waals surface area contributed by atoms with Gasteiger partial charge in [-0.1, -0.05) is 62.4 Å². The fraction of sp³-hybridized carbons (Fsp3) is 0.333. The lowest BCUT2D eigenvalue weighted by atomic mass is 9.92. The molecule has 0 bridgehead atoms. The summed E-state index contributed by atoms with van der Waals surface area (Å²) in [4.78, 5) is 0. The first-order valence-corrected chi connectivity index (χ1v) is 7.15. The molecule has 2 aromatic carbocycles. The number of rotatable bonds is 5. The second-order valence-corrected chi connectivity index (χ2v) is 5.04. The van der Waals surface area contributed by atoms with Gasteiger partial charge in [0.2, 0.25) is 0 Å². The molecule has 19 heavy (non-hydrogen) atoms. The topological polar surface area (TPSA) is 26.0 Å². The third kappa shape index (κ3) is 3.45. The lowest BCUT2D eigenvalue weighted by Gasteiger charge is -2.17. The van der Waals surface area contributed by atoms with Crippen LogP contribution in [0.15, 0.2) is 48.5 Å². The maximum atomic E-state index is 6.43. The van der Waals surface area contributed by atoms with Crippen LogP contribution < -0.4 is 5.73 Å². The Morgan fingerprint density at radius 1 is 0.895 bits per heavy atom. The van der Waals surface area contributed by atoms with Crippen molar-refractivity contribution in [3.8, 4) is 0 Å². The Bertz CT molecular complexity index is 516. The van der Waals surface area contributed by atoms with E-state index >= 15 is 0 Å². The fourth-order valence-corrected chi connectivity index (χ4v) is 2.51. The number of hydrogen-bond donors (Lipinski definition) is 1. The van der Waals surface area contributed by atoms with Crippen molar-refractivity contribution in [3.05, 3.63) is 70.8 Å². The molecule has 1 atom stereocenters. The van der Waals surface area contributed by atoms with Gasteiger partial charge in [0, 0.05) is 6.04 Å². The fourth-order valence-electron chi connectivity index (χ4n) is 2.51. The normalized spacial score (nSPS) is 12.4. The van der Waals surface area contributed by atoms with Crippen LogP contribution in [0.3, 0.4) is 0 Å². The molecule has 1 unspecified atom stereocenters. The molecule has 0 aliphatic rings. The molecule has 1 nitrogen and oxygen atoms in total. The van der Waals surface area contributed by atoms with E-state index in [1.807, 2.05) is 6.07 Å². The maximum absolute atomic E-state index is 6.43. The Morgan fingerprint density at radius 2 is 1.63 bits per heavy atom. The third-order valence-electron chi connectivity index (χ3n) is 3.70. The van der Waals surface area contributed by atoms with Crippen LogP contribution in [0.5, 0.6) is 0 Å². The molecule has 2 aromatic rings. The first kappa shape index (κ1) is 13.8. The molecule has 0 aliphatic carbocycles. The van der Waals surface area contributed by atoms with Gasteiger partial charge in [0.05, 0.1) is 0 Å². The van der Waals surface area contributed by atoms with Crippen molar-refractivity contribution in [2.75, 3.05) is 0 Å². The van der Waals surface area contributed by atoms with Crippen LogP contribution in [0, 0.1) is 0 Å². The first-order valence-electron chi connectivity index (χ1n) is 7.15. The smallest absolute Gasteiger partial charge is 0.0338 e. The third-order valence-corrected chi connectivity index (χ3v) is 3.70. The van der Waals surface area contributed by atoms with Gasteiger partial charge < -0.3 is 5.73 Å². The van der Waals surface area contributed by atoms with Crippen LogP contribution in [0.25, 0.3) is 0 Å². The van der Waals surface area contributed by atoms with Crippen molar-refractivity contribution in [1.82, 2.24) is 0 Å². The summed E-state index contributed by atoms with van der Waals surface area (Å²) in [5.41, 5.74) is 11.8. The summed E-state index contributed by atoms with van der Waals surface area (Å²) in [6.45, 7) is 4.38. The summed E-state index contributed by atoms with van der Waals surface area (Å²) in [5.74, 6) is 0. The molecule has 0 saturated heterocycles. The van der Waals surface area contributed by atoms with E-state index in [4.69, 9.17) is 5.73 Å². The number of aryl methyl sites for hydroxylation is 2. The molecule has 0 amide bonds. The molecule has 0 fully saturated rings. The average molecular weight is 253 g/mol. The number of benzene rings is 2. The van der Waals surface area contributed by atoms with E-state index in [0.717, 1.165) is 19.3 Å². The highest BCUT2D eigenvalue weighted by molar-refractivity contribution is 5.35. The Hall–Kier alpha value is -1.60. The molecule has 2 rings (SSSR count). The zero-order valence-corrected chi connectivity index (χ0v) is 11.9. The van der Waals surface area contributed by atoms with Gasteiger partial charge in [0.25, 0.3) is 0 Å². The molecule has 2 N–H and O–H groups in total. The second-order valence-electron chi connectivity index (χ2n) is 5.04. The Labute approximate surface area is 116 Å². The van der Waals surface area contributed by atoms with E-state index < -0.39 is 0 Å². The molecular weight excluding hydrogens is 230 g/mol. The van der Waals surface area contributed by atoms with Crippen LogP contribution in [0.4, 0.5) is 0 Å². The van der Waals surface area contributed by atoms with Crippen LogP contribution >= 0.6 is 0 Å². The molecule has 0 spiro atoms. The summed E-state index contributed by atoms with van der Waals surface area (Å²) in [7, 11) is 0. The average Bonchev–Trinajstić information content (AvgIpc) is 2.47. The van der Waals surface area contributed by atoms with Gasteiger partial charge in [-0.2, -0.15) is 0 Å². The predicted molar refractivity (Wildman–Crippen MR) is 82.3 cm³/mol. The molecule has 0 heterocycles. The predicted octanol–water partition coefficient (Wildman–Crippen LogP) is 4.05. The summed E-state index contributed by atoms with van der Waals surface area (Å²) >= 11 is 0. The molecule has 0 aromatic heterocycles. The minimum absolute atomic E-state index is 0.0869. The summed E-state index contributed by atoms with van der Waals surface area (Å²) in [6.07, 6.45) is 3.01. The van der Waals surface area contributed by atoms with Crippen LogP contribution in [-0.4, -0.2) is 0 Å². The summed E-state index contributed by atoms with van der Waals surface area (Å²) in [6, 6.07) is 17.3. The van der Waals surface area contributed by atoms with Gasteiger partial charge in [-0.3, -0.25) is 0 Å². The zero-order valence-electron chi connectivity index (χ0n) is 11.9. The number of nitrogens with two attached hydrogens (primary N) is 1. The van der Waals surface area contributed by atoms with E-state index in [-0.39, 0.29) is 6.04 Å². The van der Waals surface area contributed by atoms with E-state index in [2.05, 4.69) is 56.3 Å². The van der Waals surface area contributed by atoms with Gasteiger partial charge in [-0.25, -0.2) is 0 Å². The second kappa shape index (κ2) is 6.53. The Morgan fingerprint density at radius 3 is 2.26 bits per heavy atom. The Balaban J connectivity index is 2.24. The lowest BCUT2D eigenvalue weighted by Crippen LogP contribution is -2.15. The highest BCUT2D eigenvalue weighted by Crippen LogP contribution is 2.22. The van der Waals surface area contributed by atoms with Crippen molar-refractivity contribution in [2.45, 2.75) is 39.2 Å². The number of hydrogen-bond acceptors (Lipinski definition) is 1. The van der Waals surface area contributed by atoms with Gasteiger partial charge in [0.15, 0.2) is 0 Å². The van der Waals surface area contributed by atoms with Crippen molar-refractivity contribution < 1.29 is 0 Å². The summed E-state index contributed by atoms with van der Waals surface area (Å²) < 4.78 is 0. The standard InChI is InChI=1S/C18H23N/c1-3-14-10-11-16(4-2)17(12-14)18(19)13-15-8-6-5-7-9-15/h5-12,18H,3-4,13,19H2,1-2H3. The van der Waals surface area contributed by atoms with E-state index in [1.54, 1.807) is 0 Å². The van der Waals surface area contributed by atoms with Gasteiger partial charge >= 0.3 is 0 Å². The van der Waals surface area contributed by atoms with Crippen molar-refractivity contribution >= 4 is 0 Å². The molecule has 0 radical (unpaired) electrons. The maximum Gasteiger partial charge on any atom is 0.0338 e. The van der Waals surface area contributed by atoms with Crippen LogP contribution in [-0.2, 0) is 19.3 Å². The van der Waals surface area contributed by atoms with E-state index in [1.165, 1.54) is 22.3 Å². The highest BCUT2D eigenvalue weighted by Gasteiger charge is 2.11. The molecule has 0 saturated carbocycles. The van der Waals surface area contributed by atoms with Crippen LogP contribution in [0.2, 0.25) is 0 Å². The van der Waals surface area contributed by atoms with Crippen molar-refractivity contribution in [2.24, 2.45) is 5.73 Å². The van der Waals surface area contributed by atoms with E-state index in [9.17, 15) is 0 Å². The SMILES string of the molecule is CCc1ccc(CC)c(C(N)Cc2ccccc2)c1. The van der Waals surface area contributed by atoms with Gasteiger partial charge in [0.1, 0.15) is 0 Å². The zero-order chi connectivity index (χ0) is 13.7. The van der Waals surface area contributed by atoms with Crippen LogP contribution in [0.1, 0.15) is 42.1 Å². The van der Waals surface area contributed by atoms with Crippen molar-refractivity contribution in [1.29, 1.82) is 0 Å². The van der Waals surface area contributed by atoms with E-state index in [0.29, 0.717) is 0 Å². The van der Waals surface area contributed by atoms with Gasteiger partial charge in [-0.15, -0.1) is 0 Å². The minimum Gasteiger partial charge on any atom is -0.324 e. The van der Waals surface area contributed by atoms with Crippen molar-refractivity contribution in [3.63, 3.8) is 0 Å². The quantitative estimate of drug-likeness (QED) is 0.854. The Kier molecular flexibility index (Phi) is 4.75. The lowest BCUT2D eigenvalue weighted by molar-refractivity contribution is 0.710. The molecular formula is C18H23N. The van der Waals surface area contributed by atoms with Gasteiger partial charge in [-0.05, 0) is 41.5 Å². The highest BCUT2D eigenvalue weighted by atomic mass is 14.6. The minimum atomic E-state index is 0.0869. The largest absolute Gasteiger partial charge is 0.324 e. The molecule has 100 valence electrons. The summed E-state index contributed by atoms with van der Waals surface area (Å²) in [5, 5.41) is 0. The first-order chi connectivity index (χ1) is 9.24.